The van der Waals surface area contributed by atoms with Crippen LogP contribution in [0.15, 0.2) is 36.7 Å². The topological polar surface area (TPSA) is 105 Å². The van der Waals surface area contributed by atoms with Gasteiger partial charge in [-0.25, -0.2) is 0 Å². The van der Waals surface area contributed by atoms with Crippen LogP contribution in [0.1, 0.15) is 41.0 Å². The molecule has 0 radical (unpaired) electrons. The van der Waals surface area contributed by atoms with Gasteiger partial charge in [0.15, 0.2) is 5.17 Å². The van der Waals surface area contributed by atoms with Crippen LogP contribution in [0.2, 0.25) is 0 Å². The number of thioether (sulfide) groups is 1. The molecule has 2 aromatic heterocycles. The van der Waals surface area contributed by atoms with E-state index in [2.05, 4.69) is 22.2 Å². The van der Waals surface area contributed by atoms with Crippen molar-refractivity contribution in [3.05, 3.63) is 53.6 Å². The minimum atomic E-state index is -0.244. The van der Waals surface area contributed by atoms with Gasteiger partial charge in [0.25, 0.3) is 5.91 Å². The number of nitrogens with zero attached hydrogens (tertiary/aromatic N) is 2. The lowest BCUT2D eigenvalue weighted by atomic mass is 10.0. The van der Waals surface area contributed by atoms with Crippen LogP contribution in [0, 0.1) is 12.3 Å². The number of amidine groups is 1. The highest BCUT2D eigenvalue weighted by Gasteiger charge is 2.11. The van der Waals surface area contributed by atoms with E-state index in [1.54, 1.807) is 24.5 Å². The summed E-state index contributed by atoms with van der Waals surface area (Å²) in [5, 5.41) is 10.2. The molecule has 0 unspecified atom stereocenters. The van der Waals surface area contributed by atoms with Gasteiger partial charge in [-0.2, -0.15) is 0 Å². The largest absolute Gasteiger partial charge is 0.379 e. The number of carbonyl (C=O) groups is 1. The third-order valence-electron chi connectivity index (χ3n) is 3.50. The van der Waals surface area contributed by atoms with Crippen molar-refractivity contribution in [3.8, 4) is 0 Å². The number of aromatic nitrogens is 2. The maximum atomic E-state index is 12.2. The average Bonchev–Trinajstić information content (AvgIpc) is 2.55. The van der Waals surface area contributed by atoms with Gasteiger partial charge < -0.3 is 11.1 Å². The highest BCUT2D eigenvalue weighted by molar-refractivity contribution is 8.13. The Morgan fingerprint density at radius 2 is 2.17 bits per heavy atom. The molecule has 0 aliphatic heterocycles. The highest BCUT2D eigenvalue weighted by Crippen LogP contribution is 2.22. The van der Waals surface area contributed by atoms with Crippen molar-refractivity contribution in [2.45, 2.75) is 26.2 Å². The lowest BCUT2D eigenvalue weighted by Gasteiger charge is -2.12. The Morgan fingerprint density at radius 1 is 1.38 bits per heavy atom. The summed E-state index contributed by atoms with van der Waals surface area (Å²) in [5.41, 5.74) is 8.32. The minimum absolute atomic E-state index is 0.127. The van der Waals surface area contributed by atoms with Gasteiger partial charge >= 0.3 is 0 Å². The van der Waals surface area contributed by atoms with Gasteiger partial charge in [-0.15, -0.1) is 0 Å². The number of hydrogen-bond donors (Lipinski definition) is 3. The molecule has 0 aliphatic carbocycles. The molecule has 0 aromatic carbocycles. The molecule has 6 nitrogen and oxygen atoms in total. The van der Waals surface area contributed by atoms with Crippen molar-refractivity contribution in [2.75, 3.05) is 11.1 Å². The van der Waals surface area contributed by atoms with Gasteiger partial charge in [0.05, 0.1) is 0 Å². The zero-order valence-corrected chi connectivity index (χ0v) is 14.6. The van der Waals surface area contributed by atoms with Crippen LogP contribution in [0.5, 0.6) is 0 Å². The molecule has 4 N–H and O–H groups in total. The number of nitrogens with two attached hydrogens (primary N) is 1. The number of amides is 1. The molecular weight excluding hydrogens is 322 g/mol. The lowest BCUT2D eigenvalue weighted by molar-refractivity contribution is 0.102. The quantitative estimate of drug-likeness (QED) is 0.552. The Morgan fingerprint density at radius 3 is 2.83 bits per heavy atom. The van der Waals surface area contributed by atoms with Gasteiger partial charge in [0.2, 0.25) is 0 Å². The molecule has 0 fully saturated rings. The van der Waals surface area contributed by atoms with Crippen LogP contribution in [0.4, 0.5) is 5.69 Å². The van der Waals surface area contributed by atoms with Gasteiger partial charge in [0, 0.05) is 29.5 Å². The molecule has 0 bridgehead atoms. The van der Waals surface area contributed by atoms with Gasteiger partial charge in [-0.3, -0.25) is 20.2 Å². The fraction of sp³-hybridized carbons (Fsp3) is 0.294. The first kappa shape index (κ1) is 17.9. The molecule has 126 valence electrons. The van der Waals surface area contributed by atoms with Gasteiger partial charge in [-0.1, -0.05) is 24.8 Å². The third-order valence-corrected chi connectivity index (χ3v) is 4.25. The first-order chi connectivity index (χ1) is 11.5. The van der Waals surface area contributed by atoms with E-state index in [4.69, 9.17) is 11.1 Å². The molecule has 2 aromatic rings. The Bertz CT molecular complexity index is 717. The maximum Gasteiger partial charge on any atom is 0.274 e. The number of anilines is 1. The van der Waals surface area contributed by atoms with E-state index in [1.807, 2.05) is 19.1 Å². The SMILES string of the molecule is Cc1ccc(C(=O)Nc2ccnc([C@H](C)CCSC(=N)N)c2)nc1. The average molecular weight is 343 g/mol. The molecule has 24 heavy (non-hydrogen) atoms. The summed E-state index contributed by atoms with van der Waals surface area (Å²) in [6.45, 7) is 3.99. The molecule has 2 heterocycles. The fourth-order valence-corrected chi connectivity index (χ4v) is 2.78. The summed E-state index contributed by atoms with van der Waals surface area (Å²) in [6, 6.07) is 7.19. The number of nitrogens with one attached hydrogen (secondary N) is 2. The lowest BCUT2D eigenvalue weighted by Crippen LogP contribution is -2.14. The van der Waals surface area contributed by atoms with Crippen LogP contribution in [0.3, 0.4) is 0 Å². The molecule has 0 spiro atoms. The summed E-state index contributed by atoms with van der Waals surface area (Å²) in [7, 11) is 0. The smallest absolute Gasteiger partial charge is 0.274 e. The second-order valence-electron chi connectivity index (χ2n) is 5.55. The standard InChI is InChI=1S/C17H21N5OS/c1-11-3-4-14(21-10-11)16(23)22-13-5-7-20-15(9-13)12(2)6-8-24-17(18)19/h3-5,7,9-10,12H,6,8H2,1-2H3,(H3,18,19)(H,20,22,23)/t12-/m1/s1. The van der Waals surface area contributed by atoms with Gasteiger partial charge in [-0.05, 0) is 43.0 Å². The molecular formula is C17H21N5OS. The summed E-state index contributed by atoms with van der Waals surface area (Å²) >= 11 is 1.32. The second-order valence-corrected chi connectivity index (χ2v) is 6.68. The summed E-state index contributed by atoms with van der Waals surface area (Å²) < 4.78 is 0. The van der Waals surface area contributed by atoms with Crippen molar-refractivity contribution in [3.63, 3.8) is 0 Å². The molecule has 7 heteroatoms. The molecule has 1 atom stereocenters. The number of rotatable bonds is 6. The van der Waals surface area contributed by atoms with Crippen LogP contribution < -0.4 is 11.1 Å². The third kappa shape index (κ3) is 5.34. The van der Waals surface area contributed by atoms with Crippen molar-refractivity contribution in [1.29, 1.82) is 5.41 Å². The van der Waals surface area contributed by atoms with E-state index in [0.29, 0.717) is 11.4 Å². The number of carbonyl (C=O) groups excluding carboxylic acids is 1. The second kappa shape index (κ2) is 8.44. The molecule has 1 amide bonds. The first-order valence-electron chi connectivity index (χ1n) is 7.62. The normalized spacial score (nSPS) is 11.8. The Kier molecular flexibility index (Phi) is 6.31. The van der Waals surface area contributed by atoms with E-state index in [0.717, 1.165) is 23.4 Å². The van der Waals surface area contributed by atoms with E-state index in [1.165, 1.54) is 11.8 Å². The Balaban J connectivity index is 2.00. The zero-order chi connectivity index (χ0) is 17.5. The summed E-state index contributed by atoms with van der Waals surface area (Å²) in [6.07, 6.45) is 4.21. The monoisotopic (exact) mass is 343 g/mol. The molecule has 2 rings (SSSR count). The molecule has 0 aliphatic rings. The minimum Gasteiger partial charge on any atom is -0.379 e. The fourth-order valence-electron chi connectivity index (χ4n) is 2.09. The van der Waals surface area contributed by atoms with Crippen molar-refractivity contribution in [1.82, 2.24) is 9.97 Å². The maximum absolute atomic E-state index is 12.2. The van der Waals surface area contributed by atoms with Crippen LogP contribution in [-0.2, 0) is 0 Å². The van der Waals surface area contributed by atoms with Crippen molar-refractivity contribution in [2.24, 2.45) is 5.73 Å². The van der Waals surface area contributed by atoms with E-state index < -0.39 is 0 Å². The van der Waals surface area contributed by atoms with E-state index in [-0.39, 0.29) is 17.0 Å². The van der Waals surface area contributed by atoms with E-state index >= 15 is 0 Å². The van der Waals surface area contributed by atoms with Crippen molar-refractivity contribution >= 4 is 28.5 Å². The predicted octanol–water partition coefficient (Wildman–Crippen LogP) is 3.16. The van der Waals surface area contributed by atoms with Crippen LogP contribution >= 0.6 is 11.8 Å². The zero-order valence-electron chi connectivity index (χ0n) is 13.7. The number of pyridine rings is 2. The summed E-state index contributed by atoms with van der Waals surface area (Å²) in [4.78, 5) is 20.7. The summed E-state index contributed by atoms with van der Waals surface area (Å²) in [5.74, 6) is 0.736. The van der Waals surface area contributed by atoms with Crippen LogP contribution in [0.25, 0.3) is 0 Å². The first-order valence-corrected chi connectivity index (χ1v) is 8.61. The molecule has 0 saturated heterocycles. The van der Waals surface area contributed by atoms with Crippen molar-refractivity contribution < 1.29 is 4.79 Å². The predicted molar refractivity (Wildman–Crippen MR) is 98.6 cm³/mol. The number of hydrogen-bond acceptors (Lipinski definition) is 5. The van der Waals surface area contributed by atoms with Crippen LogP contribution in [-0.4, -0.2) is 26.8 Å². The van der Waals surface area contributed by atoms with Gasteiger partial charge in [0.1, 0.15) is 5.69 Å². The Hall–Kier alpha value is -2.41. The number of aryl methyl sites for hydroxylation is 1. The molecule has 0 saturated carbocycles. The highest BCUT2D eigenvalue weighted by atomic mass is 32.2. The Labute approximate surface area is 145 Å². The van der Waals surface area contributed by atoms with E-state index in [9.17, 15) is 4.79 Å².